The van der Waals surface area contributed by atoms with Gasteiger partial charge in [0, 0.05) is 17.5 Å². The van der Waals surface area contributed by atoms with Gasteiger partial charge >= 0.3 is 0 Å². The molecule has 0 aliphatic carbocycles. The molecule has 1 aliphatic rings. The van der Waals surface area contributed by atoms with E-state index in [-0.39, 0.29) is 0 Å². The number of nitrogens with zero attached hydrogens (tertiary/aromatic N) is 1. The van der Waals surface area contributed by atoms with Crippen LogP contribution in [0.4, 0.5) is 0 Å². The highest BCUT2D eigenvalue weighted by molar-refractivity contribution is 5.75. The number of para-hydroxylation sites is 1. The molecule has 0 atom stereocenters. The average molecular weight is 239 g/mol. The normalized spacial score (nSPS) is 13.9. The van der Waals surface area contributed by atoms with Crippen LogP contribution in [0.2, 0.25) is 0 Å². The Kier molecular flexibility index (Phi) is 2.78. The van der Waals surface area contributed by atoms with E-state index in [2.05, 4.69) is 36.2 Å². The highest BCUT2D eigenvalue weighted by Gasteiger charge is 2.16. The Morgan fingerprint density at radius 2 is 2.06 bits per heavy atom. The van der Waals surface area contributed by atoms with E-state index < -0.39 is 0 Å². The van der Waals surface area contributed by atoms with E-state index in [0.29, 0.717) is 0 Å². The van der Waals surface area contributed by atoms with Gasteiger partial charge in [0.1, 0.15) is 5.75 Å². The third-order valence-electron chi connectivity index (χ3n) is 3.46. The van der Waals surface area contributed by atoms with Crippen molar-refractivity contribution in [2.45, 2.75) is 26.7 Å². The number of hydrogen-bond donors (Lipinski definition) is 0. The predicted octanol–water partition coefficient (Wildman–Crippen LogP) is 3.69. The molecule has 0 saturated carbocycles. The fraction of sp³-hybridized carbons (Fsp3) is 0.312. The predicted molar refractivity (Wildman–Crippen MR) is 73.0 cm³/mol. The second-order valence-corrected chi connectivity index (χ2v) is 4.89. The van der Waals surface area contributed by atoms with Gasteiger partial charge in [-0.25, -0.2) is 0 Å². The van der Waals surface area contributed by atoms with Gasteiger partial charge in [0.05, 0.1) is 6.61 Å². The van der Waals surface area contributed by atoms with Gasteiger partial charge < -0.3 is 4.74 Å². The average Bonchev–Trinajstić information content (AvgIpc) is 2.41. The van der Waals surface area contributed by atoms with Crippen LogP contribution in [-0.2, 0) is 6.42 Å². The van der Waals surface area contributed by atoms with Crippen LogP contribution in [0.1, 0.15) is 23.2 Å². The molecule has 0 spiro atoms. The molecule has 2 heteroatoms. The molecule has 2 nitrogen and oxygen atoms in total. The second-order valence-electron chi connectivity index (χ2n) is 4.89. The summed E-state index contributed by atoms with van der Waals surface area (Å²) in [5, 5.41) is 0. The molecular formula is C16H17NO. The third kappa shape index (κ3) is 1.88. The monoisotopic (exact) mass is 239 g/mol. The number of fused-ring (bicyclic) bond motifs is 1. The molecule has 0 radical (unpaired) electrons. The third-order valence-corrected chi connectivity index (χ3v) is 3.46. The van der Waals surface area contributed by atoms with Crippen LogP contribution in [0, 0.1) is 13.8 Å². The standard InChI is InChI=1S/C16H17NO/c1-11-10-17-12(2)9-15(11)14-7-3-5-13-6-4-8-18-16(13)14/h3,5,7,9-10H,4,6,8H2,1-2H3. The zero-order chi connectivity index (χ0) is 12.5. The van der Waals surface area contributed by atoms with Gasteiger partial charge in [-0.15, -0.1) is 0 Å². The smallest absolute Gasteiger partial charge is 0.130 e. The van der Waals surface area contributed by atoms with Crippen LogP contribution >= 0.6 is 0 Å². The number of aryl methyl sites for hydroxylation is 3. The van der Waals surface area contributed by atoms with Crippen LogP contribution in [0.15, 0.2) is 30.5 Å². The Balaban J connectivity index is 2.19. The highest BCUT2D eigenvalue weighted by atomic mass is 16.5. The number of pyridine rings is 1. The number of rotatable bonds is 1. The van der Waals surface area contributed by atoms with Gasteiger partial charge in [0.15, 0.2) is 0 Å². The summed E-state index contributed by atoms with van der Waals surface area (Å²) in [6.07, 6.45) is 4.17. The first-order valence-corrected chi connectivity index (χ1v) is 6.44. The van der Waals surface area contributed by atoms with E-state index in [1.807, 2.05) is 13.1 Å². The van der Waals surface area contributed by atoms with Crippen molar-refractivity contribution in [2.24, 2.45) is 0 Å². The first-order chi connectivity index (χ1) is 8.75. The van der Waals surface area contributed by atoms with Gasteiger partial charge in [-0.2, -0.15) is 0 Å². The molecule has 18 heavy (non-hydrogen) atoms. The topological polar surface area (TPSA) is 22.1 Å². The molecule has 2 aromatic rings. The molecule has 0 N–H and O–H groups in total. The Bertz CT molecular complexity index is 590. The lowest BCUT2D eigenvalue weighted by Crippen LogP contribution is -2.09. The minimum absolute atomic E-state index is 0.827. The van der Waals surface area contributed by atoms with E-state index in [1.165, 1.54) is 22.3 Å². The Morgan fingerprint density at radius 1 is 1.17 bits per heavy atom. The van der Waals surface area contributed by atoms with Crippen molar-refractivity contribution in [3.8, 4) is 16.9 Å². The lowest BCUT2D eigenvalue weighted by Gasteiger charge is -2.21. The summed E-state index contributed by atoms with van der Waals surface area (Å²) in [5.41, 5.74) is 6.01. The number of ether oxygens (including phenoxy) is 1. The molecule has 1 aromatic carbocycles. The van der Waals surface area contributed by atoms with E-state index in [1.54, 1.807) is 0 Å². The fourth-order valence-corrected chi connectivity index (χ4v) is 2.52. The van der Waals surface area contributed by atoms with Crippen molar-refractivity contribution in [3.05, 3.63) is 47.3 Å². The summed E-state index contributed by atoms with van der Waals surface area (Å²) >= 11 is 0. The molecule has 0 unspecified atom stereocenters. The van der Waals surface area contributed by atoms with Crippen molar-refractivity contribution in [2.75, 3.05) is 6.61 Å². The number of hydrogen-bond acceptors (Lipinski definition) is 2. The van der Waals surface area contributed by atoms with E-state index in [0.717, 1.165) is 30.9 Å². The molecule has 0 fully saturated rings. The summed E-state index contributed by atoms with van der Waals surface area (Å²) in [6, 6.07) is 8.58. The summed E-state index contributed by atoms with van der Waals surface area (Å²) < 4.78 is 5.88. The maximum Gasteiger partial charge on any atom is 0.130 e. The molecule has 0 bridgehead atoms. The molecule has 1 aromatic heterocycles. The van der Waals surface area contributed by atoms with Crippen LogP contribution in [0.25, 0.3) is 11.1 Å². The van der Waals surface area contributed by atoms with Crippen molar-refractivity contribution in [3.63, 3.8) is 0 Å². The first kappa shape index (κ1) is 11.3. The van der Waals surface area contributed by atoms with Gasteiger partial charge in [-0.1, -0.05) is 18.2 Å². The van der Waals surface area contributed by atoms with Crippen LogP contribution in [-0.4, -0.2) is 11.6 Å². The Morgan fingerprint density at radius 3 is 2.94 bits per heavy atom. The lowest BCUT2D eigenvalue weighted by molar-refractivity contribution is 0.289. The van der Waals surface area contributed by atoms with E-state index >= 15 is 0 Å². The maximum atomic E-state index is 5.88. The molecule has 3 rings (SSSR count). The van der Waals surface area contributed by atoms with Crippen molar-refractivity contribution < 1.29 is 4.74 Å². The summed E-state index contributed by atoms with van der Waals surface area (Å²) in [4.78, 5) is 4.34. The zero-order valence-corrected chi connectivity index (χ0v) is 10.9. The number of benzene rings is 1. The van der Waals surface area contributed by atoms with Crippen molar-refractivity contribution >= 4 is 0 Å². The molecular weight excluding hydrogens is 222 g/mol. The minimum atomic E-state index is 0.827. The van der Waals surface area contributed by atoms with Crippen molar-refractivity contribution in [1.29, 1.82) is 0 Å². The fourth-order valence-electron chi connectivity index (χ4n) is 2.52. The maximum absolute atomic E-state index is 5.88. The van der Waals surface area contributed by atoms with E-state index in [9.17, 15) is 0 Å². The summed E-state index contributed by atoms with van der Waals surface area (Å²) in [6.45, 7) is 4.95. The van der Waals surface area contributed by atoms with Crippen molar-refractivity contribution in [1.82, 2.24) is 4.98 Å². The lowest BCUT2D eigenvalue weighted by atomic mass is 9.95. The van der Waals surface area contributed by atoms with Crippen LogP contribution in [0.3, 0.4) is 0 Å². The number of aromatic nitrogens is 1. The van der Waals surface area contributed by atoms with Gasteiger partial charge in [-0.05, 0) is 49.4 Å². The van der Waals surface area contributed by atoms with Crippen LogP contribution in [0.5, 0.6) is 5.75 Å². The summed E-state index contributed by atoms with van der Waals surface area (Å²) in [5.74, 6) is 1.07. The molecule has 1 aliphatic heterocycles. The quantitative estimate of drug-likeness (QED) is 0.757. The summed E-state index contributed by atoms with van der Waals surface area (Å²) in [7, 11) is 0. The SMILES string of the molecule is Cc1cc(-c2cccc3c2OCCC3)c(C)cn1. The molecule has 2 heterocycles. The van der Waals surface area contributed by atoms with Gasteiger partial charge in [0.2, 0.25) is 0 Å². The molecule has 92 valence electrons. The zero-order valence-electron chi connectivity index (χ0n) is 10.9. The van der Waals surface area contributed by atoms with Gasteiger partial charge in [-0.3, -0.25) is 4.98 Å². The van der Waals surface area contributed by atoms with Crippen LogP contribution < -0.4 is 4.74 Å². The largest absolute Gasteiger partial charge is 0.493 e. The minimum Gasteiger partial charge on any atom is -0.493 e. The molecule has 0 saturated heterocycles. The second kappa shape index (κ2) is 4.45. The Labute approximate surface area is 108 Å². The highest BCUT2D eigenvalue weighted by Crippen LogP contribution is 2.37. The van der Waals surface area contributed by atoms with Gasteiger partial charge in [0.25, 0.3) is 0 Å². The Hall–Kier alpha value is -1.83. The van der Waals surface area contributed by atoms with E-state index in [4.69, 9.17) is 4.74 Å². The first-order valence-electron chi connectivity index (χ1n) is 6.44. The molecule has 0 amide bonds.